The third-order valence-corrected chi connectivity index (χ3v) is 3.01. The average molecular weight is 375 g/mol. The van der Waals surface area contributed by atoms with Crippen LogP contribution in [-0.2, 0) is 25.7 Å². The highest BCUT2D eigenvalue weighted by atomic mass is 17.0. The second-order valence-corrected chi connectivity index (χ2v) is 4.72. The molecule has 0 aromatic heterocycles. The van der Waals surface area contributed by atoms with Crippen LogP contribution in [0.5, 0.6) is 0 Å². The van der Waals surface area contributed by atoms with Gasteiger partial charge in [0.25, 0.3) is 15.3 Å². The molecule has 1 aromatic carbocycles. The summed E-state index contributed by atoms with van der Waals surface area (Å²) in [6.45, 7) is -1.21. The van der Waals surface area contributed by atoms with Crippen LogP contribution in [0.2, 0.25) is 0 Å². The molecule has 3 atom stereocenters. The molecule has 0 saturated heterocycles. The first kappa shape index (κ1) is 20.5. The third-order valence-electron chi connectivity index (χ3n) is 3.01. The largest absolute Gasteiger partial charge is 0.394 e. The molecule has 14 nitrogen and oxygen atoms in total. The van der Waals surface area contributed by atoms with Crippen molar-refractivity contribution in [2.45, 2.75) is 24.7 Å². The van der Waals surface area contributed by atoms with Crippen molar-refractivity contribution in [2.75, 3.05) is 6.61 Å². The van der Waals surface area contributed by atoms with E-state index in [2.05, 4.69) is 14.5 Å². The van der Waals surface area contributed by atoms with Crippen molar-refractivity contribution in [3.05, 3.63) is 66.2 Å². The number of benzene rings is 1. The van der Waals surface area contributed by atoms with Crippen LogP contribution < -0.4 is 0 Å². The fourth-order valence-corrected chi connectivity index (χ4v) is 2.02. The summed E-state index contributed by atoms with van der Waals surface area (Å²) in [7, 11) is 0. The molecule has 0 saturated carbocycles. The molecular formula is C12H13N3O11. The number of rotatable bonds is 12. The Kier molecular flexibility index (Phi) is 7.63. The summed E-state index contributed by atoms with van der Waals surface area (Å²) in [5.41, 5.74) is 0.394. The first-order valence-corrected chi connectivity index (χ1v) is 6.85. The van der Waals surface area contributed by atoms with Crippen LogP contribution in [0.15, 0.2) is 30.3 Å². The van der Waals surface area contributed by atoms with Crippen molar-refractivity contribution in [3.8, 4) is 0 Å². The van der Waals surface area contributed by atoms with Gasteiger partial charge in [0.1, 0.15) is 0 Å². The maximum atomic E-state index is 12.3. The van der Waals surface area contributed by atoms with Crippen LogP contribution in [-0.4, -0.2) is 51.1 Å². The van der Waals surface area contributed by atoms with E-state index in [1.807, 2.05) is 0 Å². The van der Waals surface area contributed by atoms with Gasteiger partial charge in [0.05, 0.1) is 6.61 Å². The van der Waals surface area contributed by atoms with Crippen LogP contribution in [0, 0.1) is 30.3 Å². The zero-order chi connectivity index (χ0) is 19.7. The minimum atomic E-state index is -2.26. The normalized spacial score (nSPS) is 13.7. The van der Waals surface area contributed by atoms with E-state index < -0.39 is 52.4 Å². The van der Waals surface area contributed by atoms with Crippen molar-refractivity contribution >= 4 is 5.78 Å². The summed E-state index contributed by atoms with van der Waals surface area (Å²) >= 11 is 0. The Labute approximate surface area is 144 Å². The molecule has 0 spiro atoms. The molecular weight excluding hydrogens is 362 g/mol. The van der Waals surface area contributed by atoms with Crippen molar-refractivity contribution in [1.82, 2.24) is 0 Å². The lowest BCUT2D eigenvalue weighted by atomic mass is 9.99. The Morgan fingerprint density at radius 2 is 1.50 bits per heavy atom. The summed E-state index contributed by atoms with van der Waals surface area (Å²) < 4.78 is 0. The zero-order valence-corrected chi connectivity index (χ0v) is 12.9. The number of Topliss-reactive ketones (excluding diaryl/α,β-unsaturated/α-hetero) is 1. The molecule has 0 radical (unpaired) electrons. The lowest BCUT2D eigenvalue weighted by Gasteiger charge is -2.27. The summed E-state index contributed by atoms with van der Waals surface area (Å²) in [4.78, 5) is 56.3. The molecule has 0 aliphatic carbocycles. The smallest absolute Gasteiger partial charge is 0.295 e. The fraction of sp³-hybridized carbons (Fsp3) is 0.417. The molecule has 1 aromatic rings. The lowest BCUT2D eigenvalue weighted by molar-refractivity contribution is -0.814. The summed E-state index contributed by atoms with van der Waals surface area (Å²) in [6, 6.07) is 7.79. The van der Waals surface area contributed by atoms with E-state index in [1.165, 1.54) is 12.1 Å². The Morgan fingerprint density at radius 3 is 1.96 bits per heavy atom. The van der Waals surface area contributed by atoms with Crippen LogP contribution in [0.1, 0.15) is 5.56 Å². The van der Waals surface area contributed by atoms with Gasteiger partial charge >= 0.3 is 0 Å². The number of ketones is 1. The second-order valence-electron chi connectivity index (χ2n) is 4.72. The van der Waals surface area contributed by atoms with Gasteiger partial charge in [0.15, 0.2) is 24.1 Å². The topological polar surface area (TPSA) is 194 Å². The molecule has 0 aliphatic rings. The van der Waals surface area contributed by atoms with Gasteiger partial charge in [-0.05, 0) is 5.56 Å². The van der Waals surface area contributed by atoms with Gasteiger partial charge in [-0.25, -0.2) is 0 Å². The Bertz CT molecular complexity index is 653. The Balaban J connectivity index is 3.15. The number of aliphatic hydroxyl groups excluding tert-OH is 1. The number of carbonyl (C=O) groups excluding carboxylic acids is 1. The molecule has 14 heteroatoms. The lowest BCUT2D eigenvalue weighted by Crippen LogP contribution is -2.51. The summed E-state index contributed by atoms with van der Waals surface area (Å²) in [5, 5.41) is 36.6. The van der Waals surface area contributed by atoms with Crippen molar-refractivity contribution < 1.29 is 39.7 Å². The molecule has 0 aliphatic heterocycles. The molecule has 142 valence electrons. The van der Waals surface area contributed by atoms with E-state index >= 15 is 0 Å². The SMILES string of the molecule is O=C(Cc1ccccc1)[C@@H](O[N+](=O)[O-])[C@@H](O[N+](=O)[O-])[C@H](CO)O[N+](=O)[O-]. The van der Waals surface area contributed by atoms with Gasteiger partial charge in [-0.15, -0.1) is 30.3 Å². The van der Waals surface area contributed by atoms with Crippen molar-refractivity contribution in [3.63, 3.8) is 0 Å². The zero-order valence-electron chi connectivity index (χ0n) is 12.9. The van der Waals surface area contributed by atoms with Crippen LogP contribution in [0.25, 0.3) is 0 Å². The average Bonchev–Trinajstić information content (AvgIpc) is 2.56. The number of hydrogen-bond donors (Lipinski definition) is 1. The van der Waals surface area contributed by atoms with Gasteiger partial charge in [-0.3, -0.25) is 4.79 Å². The van der Waals surface area contributed by atoms with E-state index in [0.717, 1.165) is 0 Å². The molecule has 26 heavy (non-hydrogen) atoms. The molecule has 0 bridgehead atoms. The molecule has 0 amide bonds. The quantitative estimate of drug-likeness (QED) is 0.366. The maximum Gasteiger partial charge on any atom is 0.295 e. The van der Waals surface area contributed by atoms with Crippen molar-refractivity contribution in [2.24, 2.45) is 0 Å². The van der Waals surface area contributed by atoms with Gasteiger partial charge < -0.3 is 19.6 Å². The number of hydrogen-bond acceptors (Lipinski definition) is 11. The van der Waals surface area contributed by atoms with Gasteiger partial charge in [0.2, 0.25) is 0 Å². The minimum absolute atomic E-state index is 0.394. The van der Waals surface area contributed by atoms with E-state index in [0.29, 0.717) is 5.56 Å². The fourth-order valence-electron chi connectivity index (χ4n) is 2.02. The highest BCUT2D eigenvalue weighted by molar-refractivity contribution is 5.85. The Hall–Kier alpha value is -3.55. The predicted octanol–water partition coefficient (Wildman–Crippen LogP) is -0.479. The van der Waals surface area contributed by atoms with Crippen LogP contribution in [0.3, 0.4) is 0 Å². The van der Waals surface area contributed by atoms with Gasteiger partial charge in [0, 0.05) is 6.42 Å². The maximum absolute atomic E-state index is 12.3. The second kappa shape index (κ2) is 9.67. The van der Waals surface area contributed by atoms with E-state index in [9.17, 15) is 35.1 Å². The number of aliphatic hydroxyl groups is 1. The molecule has 0 fully saturated rings. The van der Waals surface area contributed by atoms with Gasteiger partial charge in [-0.1, -0.05) is 30.3 Å². The number of carbonyl (C=O) groups is 1. The molecule has 1 rings (SSSR count). The monoisotopic (exact) mass is 375 g/mol. The van der Waals surface area contributed by atoms with E-state index in [1.54, 1.807) is 18.2 Å². The third kappa shape index (κ3) is 6.52. The number of nitrogens with zero attached hydrogens (tertiary/aromatic N) is 3. The van der Waals surface area contributed by atoms with Crippen LogP contribution in [0.4, 0.5) is 0 Å². The molecule has 1 N–H and O–H groups in total. The predicted molar refractivity (Wildman–Crippen MR) is 77.8 cm³/mol. The first-order chi connectivity index (χ1) is 12.2. The molecule has 0 heterocycles. The summed E-state index contributed by atoms with van der Waals surface area (Å²) in [5.74, 6) is -1.05. The van der Waals surface area contributed by atoms with E-state index in [-0.39, 0.29) is 0 Å². The van der Waals surface area contributed by atoms with Gasteiger partial charge in [-0.2, -0.15) is 0 Å². The molecule has 0 unspecified atom stereocenters. The van der Waals surface area contributed by atoms with E-state index in [4.69, 9.17) is 5.11 Å². The standard InChI is InChI=1S/C12H13N3O11/c16-7-10(24-13(18)19)12(26-15(22)23)11(25-14(20)21)9(17)6-8-4-2-1-3-5-8/h1-5,10-12,16H,6-7H2/t10-,11+,12-/m0/s1. The first-order valence-electron chi connectivity index (χ1n) is 6.85. The minimum Gasteiger partial charge on any atom is -0.394 e. The Morgan fingerprint density at radius 1 is 0.962 bits per heavy atom. The van der Waals surface area contributed by atoms with Crippen LogP contribution >= 0.6 is 0 Å². The van der Waals surface area contributed by atoms with Crippen molar-refractivity contribution in [1.29, 1.82) is 0 Å². The highest BCUT2D eigenvalue weighted by Crippen LogP contribution is 2.16. The summed E-state index contributed by atoms with van der Waals surface area (Å²) in [6.07, 6.45) is -7.05. The highest BCUT2D eigenvalue weighted by Gasteiger charge is 2.42.